The van der Waals surface area contributed by atoms with Gasteiger partial charge in [0.1, 0.15) is 12.7 Å². The van der Waals surface area contributed by atoms with Gasteiger partial charge in [0.05, 0.1) is 64.0 Å². The molecule has 0 unspecified atom stereocenters. The van der Waals surface area contributed by atoms with Crippen LogP contribution in [0.25, 0.3) is 35.2 Å². The lowest BCUT2D eigenvalue weighted by atomic mass is 10.1. The monoisotopic (exact) mass is 1410 g/mol. The van der Waals surface area contributed by atoms with E-state index in [2.05, 4.69) is 46.8 Å². The summed E-state index contributed by atoms with van der Waals surface area (Å²) in [6.07, 6.45) is 1.55. The molecule has 0 radical (unpaired) electrons. The number of carbonyl (C=O) groups is 10. The molecule has 0 aliphatic carbocycles. The van der Waals surface area contributed by atoms with Crippen molar-refractivity contribution in [2.45, 2.75) is 66.2 Å². The van der Waals surface area contributed by atoms with E-state index in [0.29, 0.717) is 76.9 Å². The molecule has 8 rings (SSSR count). The normalized spacial score (nSPS) is 14.2. The summed E-state index contributed by atoms with van der Waals surface area (Å²) in [5, 5.41) is 22.9. The van der Waals surface area contributed by atoms with Crippen molar-refractivity contribution >= 4 is 82.6 Å². The Labute approximate surface area is 556 Å². The van der Waals surface area contributed by atoms with Crippen molar-refractivity contribution in [3.63, 3.8) is 0 Å². The number of hydrazine groups is 3. The number of benzene rings is 2. The second kappa shape index (κ2) is 46.7. The number of morpholine rings is 3. The number of aliphatic hydroxyl groups is 1. The lowest BCUT2D eigenvalue weighted by Crippen LogP contribution is -2.52. The van der Waals surface area contributed by atoms with Gasteiger partial charge in [-0.25, -0.2) is 39.6 Å². The summed E-state index contributed by atoms with van der Waals surface area (Å²) >= 11 is 4.69. The van der Waals surface area contributed by atoms with Crippen LogP contribution in [-0.4, -0.2) is 225 Å². The van der Waals surface area contributed by atoms with Gasteiger partial charge in [0.15, 0.2) is 11.6 Å². The van der Waals surface area contributed by atoms with Crippen LogP contribution in [0.3, 0.4) is 0 Å². The van der Waals surface area contributed by atoms with E-state index < -0.39 is 82.1 Å². The van der Waals surface area contributed by atoms with Crippen LogP contribution in [0.1, 0.15) is 62.3 Å². The molecule has 33 nitrogen and oxygen atoms in total. The van der Waals surface area contributed by atoms with Crippen LogP contribution >= 0.6 is 11.6 Å². The number of rotatable bonds is 9. The third-order valence-electron chi connectivity index (χ3n) is 11.8. The van der Waals surface area contributed by atoms with Crippen molar-refractivity contribution in [3.05, 3.63) is 83.5 Å². The number of aromatic nitrogens is 6. The Morgan fingerprint density at radius 3 is 1.27 bits per heavy atom. The molecule has 4 fully saturated rings. The molecular formula is C57H78ClF6N15O18. The second-order valence-corrected chi connectivity index (χ2v) is 19.4. The predicted molar refractivity (Wildman–Crippen MR) is 329 cm³/mol. The molecule has 4 aliphatic heterocycles. The van der Waals surface area contributed by atoms with Gasteiger partial charge in [-0.15, -0.1) is 10.2 Å². The van der Waals surface area contributed by atoms with Gasteiger partial charge in [-0.1, -0.05) is 0 Å². The van der Waals surface area contributed by atoms with E-state index in [9.17, 15) is 74.3 Å². The molecule has 0 atom stereocenters. The van der Waals surface area contributed by atoms with Crippen molar-refractivity contribution in [3.8, 4) is 22.8 Å². The summed E-state index contributed by atoms with van der Waals surface area (Å²) in [4.78, 5) is 122. The van der Waals surface area contributed by atoms with Gasteiger partial charge in [-0.2, -0.15) is 26.3 Å². The molecule has 0 bridgehead atoms. The number of ether oxygens (including phenoxy) is 6. The first-order chi connectivity index (χ1) is 46.0. The lowest BCUT2D eigenvalue weighted by Gasteiger charge is -2.25. The standard InChI is InChI=1S/C19H19F3N6O4.C13H10F3N3O2.C8H13NO4.C6H11N3O3.C5H10O.C4H5ClO3.C2H6O.H4N2/c1-12-8-13(10-14(9-12)19(20,21)22)16-23-11-28(26-16)3-2-15(29)24-25-17(30)18(31)27-4-6-32-7-5-27;1-8-4-9(6-10(5-8)13(14,15)16)12-17-7-19(18-12)3-2-11(20)21;1-2-13-8(11)7(10)9-3-5-12-6-4-9;7-8-5(10)6(11)9-1-3-12-4-2-9;1-2-4-6-5-3-1;1-2-8-4(7)3(5)6;1-2-3;1-2/h2-3,8-11H,4-7H2,1H3,(H,24,29)(H,25,30);2-7H,1H3,(H,20,21);2-6H2,1H3;1-4,7H2,(H,8,10);1-5H2;2H2,1H3;3H,2H2,1H3;1-2H2/b2*3-2-;;;;;;. The zero-order valence-corrected chi connectivity index (χ0v) is 54.2. The van der Waals surface area contributed by atoms with Crippen LogP contribution in [0.2, 0.25) is 0 Å². The van der Waals surface area contributed by atoms with Crippen molar-refractivity contribution in [1.82, 2.24) is 60.5 Å². The number of nitrogens with one attached hydrogen (secondary N) is 3. The summed E-state index contributed by atoms with van der Waals surface area (Å²) in [6.45, 7) is 15.7. The number of aliphatic carboxylic acids is 1. The number of hydrogen-bond acceptors (Lipinski definition) is 24. The minimum Gasteiger partial charge on any atom is -0.478 e. The third kappa shape index (κ3) is 34.8. The third-order valence-corrected chi connectivity index (χ3v) is 11.9. The number of nitrogens with zero attached hydrogens (tertiary/aromatic N) is 9. The van der Waals surface area contributed by atoms with E-state index in [1.165, 1.54) is 71.9 Å². The van der Waals surface area contributed by atoms with E-state index >= 15 is 0 Å². The molecule has 40 heteroatoms. The topological polar surface area (TPSA) is 452 Å². The number of alkyl halides is 6. The first kappa shape index (κ1) is 85.7. The number of halogens is 7. The van der Waals surface area contributed by atoms with Gasteiger partial charge in [-0.05, 0) is 113 Å². The largest absolute Gasteiger partial charge is 0.478 e. The molecule has 11 N–H and O–H groups in total. The summed E-state index contributed by atoms with van der Waals surface area (Å²) < 4.78 is 108. The maximum Gasteiger partial charge on any atom is 0.416 e. The minimum atomic E-state index is -4.51. The van der Waals surface area contributed by atoms with Gasteiger partial charge in [0.25, 0.3) is 5.91 Å². The van der Waals surface area contributed by atoms with Crippen LogP contribution in [0.15, 0.2) is 61.2 Å². The van der Waals surface area contributed by atoms with E-state index in [0.717, 1.165) is 65.2 Å². The van der Waals surface area contributed by atoms with Crippen molar-refractivity contribution < 1.29 is 113 Å². The zero-order valence-electron chi connectivity index (χ0n) is 53.4. The molecule has 4 aliphatic rings. The summed E-state index contributed by atoms with van der Waals surface area (Å²) in [5.74, 6) is 5.48. The number of carboxylic acid groups (broad SMARTS) is 1. The van der Waals surface area contributed by atoms with E-state index in [1.54, 1.807) is 33.1 Å². The number of esters is 2. The Kier molecular flexibility index (Phi) is 41.3. The predicted octanol–water partition coefficient (Wildman–Crippen LogP) is 1.14. The van der Waals surface area contributed by atoms with Crippen LogP contribution in [0.5, 0.6) is 0 Å². The highest BCUT2D eigenvalue weighted by molar-refractivity contribution is 6.80. The molecular weight excluding hydrogens is 1330 g/mol. The Bertz CT molecular complexity index is 3190. The number of carboxylic acids is 1. The second-order valence-electron chi connectivity index (χ2n) is 19.1. The Morgan fingerprint density at radius 2 is 0.938 bits per heavy atom. The highest BCUT2D eigenvalue weighted by Crippen LogP contribution is 2.34. The van der Waals surface area contributed by atoms with Crippen LogP contribution in [0, 0.1) is 13.8 Å². The number of aliphatic hydroxyl groups excluding tert-OH is 1. The maximum absolute atomic E-state index is 13.0. The Hall–Kier alpha value is -9.35. The summed E-state index contributed by atoms with van der Waals surface area (Å²) in [7, 11) is 0. The zero-order chi connectivity index (χ0) is 73.1. The van der Waals surface area contributed by atoms with Crippen LogP contribution in [0.4, 0.5) is 26.3 Å². The van der Waals surface area contributed by atoms with Gasteiger partial charge in [-0.3, -0.25) is 61.5 Å². The molecule has 6 amide bonds. The fourth-order valence-electron chi connectivity index (χ4n) is 7.45. The van der Waals surface area contributed by atoms with Gasteiger partial charge >= 0.3 is 65.0 Å². The number of amides is 6. The first-order valence-corrected chi connectivity index (χ1v) is 29.4. The molecule has 2 aromatic heterocycles. The molecule has 2 aromatic carbocycles. The Balaban J connectivity index is 0.000000623. The van der Waals surface area contributed by atoms with Gasteiger partial charge in [0.2, 0.25) is 0 Å². The van der Waals surface area contributed by atoms with Crippen molar-refractivity contribution in [2.24, 2.45) is 17.5 Å². The summed E-state index contributed by atoms with van der Waals surface area (Å²) in [5.41, 5.74) is 5.44. The quantitative estimate of drug-likeness (QED) is 0.0170. The van der Waals surface area contributed by atoms with E-state index in [1.807, 2.05) is 5.43 Å². The van der Waals surface area contributed by atoms with E-state index in [4.69, 9.17) is 46.6 Å². The molecule has 4 saturated heterocycles. The Morgan fingerprint density at radius 1 is 0.567 bits per heavy atom. The van der Waals surface area contributed by atoms with Crippen LogP contribution < -0.4 is 33.8 Å². The molecule has 6 heterocycles. The molecule has 0 spiro atoms. The SMILES string of the molecule is C1CCOCC1.CCO.CCOC(=O)C(=O)Cl.CCOC(=O)C(=O)N1CCOCC1.Cc1cc(-c2ncn(/C=C\C(=O)NNC(=O)C(=O)N3CCOCC3)n2)cc(C(F)(F)F)c1.Cc1cc(-c2ncn(/C=C\C(=O)O)n2)cc(C(F)(F)F)c1.NN.NNC(=O)C(=O)N1CCOCC1. The maximum atomic E-state index is 13.0. The van der Waals surface area contributed by atoms with Gasteiger partial charge < -0.3 is 53.3 Å². The number of carbonyl (C=O) groups excluding carboxylic acids is 9. The number of hydrogen-bond donors (Lipinski definition) is 8. The summed E-state index contributed by atoms with van der Waals surface area (Å²) in [6, 6.07) is 6.97. The minimum absolute atomic E-state index is 0.0358. The van der Waals surface area contributed by atoms with Crippen molar-refractivity contribution in [2.75, 3.05) is 112 Å². The lowest BCUT2D eigenvalue weighted by molar-refractivity contribution is -0.161. The average molecular weight is 1410 g/mol. The molecule has 0 saturated carbocycles. The number of aryl methyl sites for hydroxylation is 2. The fourth-order valence-corrected chi connectivity index (χ4v) is 7.51. The highest BCUT2D eigenvalue weighted by Gasteiger charge is 2.33. The van der Waals surface area contributed by atoms with Crippen molar-refractivity contribution in [1.29, 1.82) is 0 Å². The first-order valence-electron chi connectivity index (χ1n) is 29.1. The smallest absolute Gasteiger partial charge is 0.416 e. The van der Waals surface area contributed by atoms with Gasteiger partial charge in [0, 0.05) is 94.8 Å². The van der Waals surface area contributed by atoms with Crippen LogP contribution in [-0.2, 0) is 88.7 Å². The van der Waals surface area contributed by atoms with E-state index in [-0.39, 0.29) is 55.7 Å². The molecule has 97 heavy (non-hydrogen) atoms. The average Bonchev–Trinajstić information content (AvgIpc) is 1.82. The molecule has 4 aromatic rings. The fraction of sp³-hybridized carbons (Fsp3) is 0.474. The number of nitrogens with two attached hydrogens (primary N) is 3. The highest BCUT2D eigenvalue weighted by atomic mass is 35.5. The molecule has 538 valence electrons.